The van der Waals surface area contributed by atoms with Gasteiger partial charge >= 0.3 is 6.36 Å². The Hall–Kier alpha value is -3.60. The van der Waals surface area contributed by atoms with E-state index in [0.29, 0.717) is 29.7 Å². The first-order valence-electron chi connectivity index (χ1n) is 12.4. The molecular weight excluding hydrogens is 513 g/mol. The highest BCUT2D eigenvalue weighted by molar-refractivity contribution is 5.94. The number of amides is 1. The van der Waals surface area contributed by atoms with Crippen LogP contribution in [0.15, 0.2) is 72.8 Å². The van der Waals surface area contributed by atoms with Crippen molar-refractivity contribution in [2.45, 2.75) is 44.9 Å². The summed E-state index contributed by atoms with van der Waals surface area (Å²) in [5, 5.41) is 33.1. The molecule has 210 valence electrons. The fourth-order valence-corrected chi connectivity index (χ4v) is 4.10. The Morgan fingerprint density at radius 1 is 1.03 bits per heavy atom. The normalized spacial score (nSPS) is 12.7. The molecule has 1 unspecified atom stereocenters. The van der Waals surface area contributed by atoms with Gasteiger partial charge in [-0.25, -0.2) is 0 Å². The second-order valence-electron chi connectivity index (χ2n) is 9.86. The fraction of sp³-hybridized carbons (Fsp3) is 0.345. The summed E-state index contributed by atoms with van der Waals surface area (Å²) in [6.45, 7) is 4.16. The number of hydrogen-bond acceptors (Lipinski definition) is 6. The van der Waals surface area contributed by atoms with Gasteiger partial charge in [0.05, 0.1) is 12.7 Å². The number of β-amino-alcohol motifs (C(OH)–C–C–N with tert-alkyl or cyclic N) is 1. The molecule has 3 aromatic rings. The number of ether oxygens (including phenoxy) is 1. The van der Waals surface area contributed by atoms with Gasteiger partial charge in [-0.05, 0) is 67.8 Å². The van der Waals surface area contributed by atoms with Gasteiger partial charge in [0.1, 0.15) is 11.5 Å². The lowest BCUT2D eigenvalue weighted by Gasteiger charge is -2.34. The van der Waals surface area contributed by atoms with Crippen molar-refractivity contribution in [1.29, 1.82) is 0 Å². The van der Waals surface area contributed by atoms with Crippen molar-refractivity contribution >= 4 is 5.91 Å². The molecule has 1 amide bonds. The lowest BCUT2D eigenvalue weighted by molar-refractivity contribution is -0.274. The number of aliphatic hydroxyl groups is 2. The summed E-state index contributed by atoms with van der Waals surface area (Å²) in [6, 6.07) is 18.8. The quantitative estimate of drug-likeness (QED) is 0.266. The number of hydrogen-bond donors (Lipinski definition) is 4. The van der Waals surface area contributed by atoms with Crippen molar-refractivity contribution < 1.29 is 38.0 Å². The van der Waals surface area contributed by atoms with Crippen molar-refractivity contribution in [2.24, 2.45) is 0 Å². The van der Waals surface area contributed by atoms with Crippen molar-refractivity contribution in [3.63, 3.8) is 0 Å². The number of phenols is 1. The molecule has 0 saturated carbocycles. The summed E-state index contributed by atoms with van der Waals surface area (Å²) in [5.74, 6) is -0.569. The number of aliphatic hydroxyl groups excluding tert-OH is 2. The third-order valence-corrected chi connectivity index (χ3v) is 6.15. The number of aromatic hydroxyl groups is 1. The second kappa shape index (κ2) is 13.0. The highest BCUT2D eigenvalue weighted by Gasteiger charge is 2.31. The minimum Gasteiger partial charge on any atom is -0.508 e. The van der Waals surface area contributed by atoms with Gasteiger partial charge in [0.25, 0.3) is 5.91 Å². The Bertz CT molecular complexity index is 1220. The summed E-state index contributed by atoms with van der Waals surface area (Å²) in [4.78, 5) is 15.0. The van der Waals surface area contributed by atoms with E-state index in [0.717, 1.165) is 5.56 Å². The van der Waals surface area contributed by atoms with Gasteiger partial charge in [-0.1, -0.05) is 36.4 Å². The maximum atomic E-state index is 13.4. The molecule has 0 saturated heterocycles. The van der Waals surface area contributed by atoms with E-state index in [4.69, 9.17) is 0 Å². The lowest BCUT2D eigenvalue weighted by Crippen LogP contribution is -2.52. The molecule has 3 aromatic carbocycles. The summed E-state index contributed by atoms with van der Waals surface area (Å²) in [5.41, 5.74) is 1.44. The highest BCUT2D eigenvalue weighted by Crippen LogP contribution is 2.24. The number of alkyl halides is 3. The second-order valence-corrected chi connectivity index (χ2v) is 9.86. The molecule has 0 aliphatic rings. The molecule has 0 spiro atoms. The lowest BCUT2D eigenvalue weighted by atomic mass is 10.0. The number of carbonyl (C=O) groups excluding carboxylic acids is 1. The first-order valence-corrected chi connectivity index (χ1v) is 12.4. The molecular formula is C29H33F3N2O5. The first-order chi connectivity index (χ1) is 18.4. The molecule has 1 atom stereocenters. The zero-order valence-electron chi connectivity index (χ0n) is 21.8. The van der Waals surface area contributed by atoms with Gasteiger partial charge in [-0.2, -0.15) is 0 Å². The number of nitrogens with one attached hydrogen (secondary N) is 1. The van der Waals surface area contributed by atoms with E-state index in [-0.39, 0.29) is 37.1 Å². The summed E-state index contributed by atoms with van der Waals surface area (Å²) in [7, 11) is 0. The van der Waals surface area contributed by atoms with Crippen LogP contribution >= 0.6 is 0 Å². The zero-order valence-corrected chi connectivity index (χ0v) is 21.8. The molecule has 0 bridgehead atoms. The molecule has 3 rings (SSSR count). The van der Waals surface area contributed by atoms with Crippen LogP contribution in [0.4, 0.5) is 13.2 Å². The fourth-order valence-electron chi connectivity index (χ4n) is 4.10. The molecule has 7 nitrogen and oxygen atoms in total. The molecule has 0 aromatic heterocycles. The van der Waals surface area contributed by atoms with E-state index >= 15 is 0 Å². The molecule has 0 radical (unpaired) electrons. The van der Waals surface area contributed by atoms with Gasteiger partial charge in [0.15, 0.2) is 0 Å². The van der Waals surface area contributed by atoms with E-state index in [1.165, 1.54) is 36.4 Å². The Kier molecular flexibility index (Phi) is 9.96. The predicted octanol–water partition coefficient (Wildman–Crippen LogP) is 4.57. The van der Waals surface area contributed by atoms with E-state index in [1.54, 1.807) is 35.2 Å². The monoisotopic (exact) mass is 546 g/mol. The van der Waals surface area contributed by atoms with E-state index in [2.05, 4.69) is 10.1 Å². The molecule has 39 heavy (non-hydrogen) atoms. The molecule has 10 heteroatoms. The van der Waals surface area contributed by atoms with Crippen LogP contribution in [-0.2, 0) is 13.0 Å². The molecule has 0 aliphatic carbocycles. The number of nitrogens with zero attached hydrogens (tertiary/aromatic N) is 1. The number of benzene rings is 3. The average molecular weight is 547 g/mol. The van der Waals surface area contributed by atoms with Crippen molar-refractivity contribution in [3.8, 4) is 11.5 Å². The van der Waals surface area contributed by atoms with Crippen LogP contribution in [-0.4, -0.2) is 57.7 Å². The highest BCUT2D eigenvalue weighted by atomic mass is 19.4. The van der Waals surface area contributed by atoms with Crippen LogP contribution in [0.25, 0.3) is 0 Å². The molecule has 0 heterocycles. The van der Waals surface area contributed by atoms with Crippen LogP contribution in [0.3, 0.4) is 0 Å². The Morgan fingerprint density at radius 2 is 1.69 bits per heavy atom. The molecule has 0 aliphatic heterocycles. The van der Waals surface area contributed by atoms with Crippen molar-refractivity contribution in [1.82, 2.24) is 10.2 Å². The summed E-state index contributed by atoms with van der Waals surface area (Å²) in [6.07, 6.45) is -5.29. The third-order valence-electron chi connectivity index (χ3n) is 6.15. The van der Waals surface area contributed by atoms with Crippen LogP contribution in [0, 0.1) is 0 Å². The standard InChI is InChI=1S/C29H33F3N2O5/c1-28(2,33-17-26(37)22-10-13-25(36)23(16-22)18-35)19-34(27(38)21-6-4-3-5-7-21)15-14-20-8-11-24(12-9-20)39-29(30,31)32/h3-13,16,26,33,35-37H,14-15,17-19H2,1-2H3. The number of halogens is 3. The third kappa shape index (κ3) is 9.27. The van der Waals surface area contributed by atoms with Crippen molar-refractivity contribution in [2.75, 3.05) is 19.6 Å². The van der Waals surface area contributed by atoms with E-state index in [9.17, 15) is 33.3 Å². The average Bonchev–Trinajstić information content (AvgIpc) is 2.90. The van der Waals surface area contributed by atoms with Crippen LogP contribution in [0.1, 0.15) is 47.0 Å². The van der Waals surface area contributed by atoms with Crippen LogP contribution in [0.2, 0.25) is 0 Å². The summed E-state index contributed by atoms with van der Waals surface area (Å²) >= 11 is 0. The van der Waals surface area contributed by atoms with Crippen molar-refractivity contribution in [3.05, 3.63) is 95.1 Å². The van der Waals surface area contributed by atoms with Crippen LogP contribution in [0.5, 0.6) is 11.5 Å². The maximum Gasteiger partial charge on any atom is 0.573 e. The largest absolute Gasteiger partial charge is 0.573 e. The smallest absolute Gasteiger partial charge is 0.508 e. The van der Waals surface area contributed by atoms with Gasteiger partial charge in [-0.3, -0.25) is 4.79 Å². The topological polar surface area (TPSA) is 102 Å². The summed E-state index contributed by atoms with van der Waals surface area (Å²) < 4.78 is 41.3. The number of carbonyl (C=O) groups is 1. The minimum absolute atomic E-state index is 0.0562. The SMILES string of the molecule is CC(C)(CN(CCc1ccc(OC(F)(F)F)cc1)C(=O)c1ccccc1)NCC(O)c1ccc(O)c(CO)c1. The molecule has 4 N–H and O–H groups in total. The Labute approximate surface area is 225 Å². The van der Waals surface area contributed by atoms with Gasteiger partial charge < -0.3 is 30.3 Å². The number of rotatable bonds is 12. The minimum atomic E-state index is -4.77. The van der Waals surface area contributed by atoms with E-state index < -0.39 is 18.0 Å². The Morgan fingerprint density at radius 3 is 2.31 bits per heavy atom. The van der Waals surface area contributed by atoms with Gasteiger partial charge in [0.2, 0.25) is 0 Å². The Balaban J connectivity index is 1.69. The molecule has 0 fully saturated rings. The van der Waals surface area contributed by atoms with E-state index in [1.807, 2.05) is 19.9 Å². The zero-order chi connectivity index (χ0) is 28.6. The van der Waals surface area contributed by atoms with Gasteiger partial charge in [-0.15, -0.1) is 13.2 Å². The predicted molar refractivity (Wildman–Crippen MR) is 140 cm³/mol. The van der Waals surface area contributed by atoms with Crippen LogP contribution < -0.4 is 10.1 Å². The maximum absolute atomic E-state index is 13.4. The van der Waals surface area contributed by atoms with Gasteiger partial charge in [0, 0.05) is 36.3 Å². The first kappa shape index (κ1) is 29.9.